The van der Waals surface area contributed by atoms with Gasteiger partial charge in [-0.3, -0.25) is 0 Å². The van der Waals surface area contributed by atoms with Crippen molar-refractivity contribution in [2.75, 3.05) is 0 Å². The van der Waals surface area contributed by atoms with Crippen LogP contribution in [-0.2, 0) is 4.79 Å². The molecule has 1 atom stereocenters. The molecule has 0 spiro atoms. The van der Waals surface area contributed by atoms with Crippen molar-refractivity contribution in [3.05, 3.63) is 22.4 Å². The van der Waals surface area contributed by atoms with Crippen LogP contribution in [0.1, 0.15) is 31.1 Å². The Hall–Kier alpha value is -0.630. The quantitative estimate of drug-likeness (QED) is 0.654. The van der Waals surface area contributed by atoms with Crippen molar-refractivity contribution >= 4 is 17.6 Å². The molecule has 0 aliphatic carbocycles. The summed E-state index contributed by atoms with van der Waals surface area (Å²) in [7, 11) is 0. The molecular formula is C10H14OS. The fourth-order valence-corrected chi connectivity index (χ4v) is 2.05. The Morgan fingerprint density at radius 3 is 2.75 bits per heavy atom. The van der Waals surface area contributed by atoms with Crippen LogP contribution in [0.4, 0.5) is 0 Å². The minimum absolute atomic E-state index is 0.116. The average molecular weight is 182 g/mol. The van der Waals surface area contributed by atoms with Crippen molar-refractivity contribution in [3.8, 4) is 0 Å². The van der Waals surface area contributed by atoms with E-state index in [-0.39, 0.29) is 5.92 Å². The lowest BCUT2D eigenvalue weighted by atomic mass is 9.97. The van der Waals surface area contributed by atoms with Crippen molar-refractivity contribution in [1.82, 2.24) is 0 Å². The van der Waals surface area contributed by atoms with Crippen LogP contribution in [0.3, 0.4) is 0 Å². The standard InChI is InChI=1S/C10H14OS/c1-8(2)6-9(7-11)10-4-3-5-12-10/h3-5,7-9H,6H2,1-2H3. The molecule has 2 heteroatoms. The topological polar surface area (TPSA) is 17.1 Å². The van der Waals surface area contributed by atoms with Crippen molar-refractivity contribution in [2.45, 2.75) is 26.2 Å². The van der Waals surface area contributed by atoms with Gasteiger partial charge in [0.25, 0.3) is 0 Å². The molecule has 0 bridgehead atoms. The van der Waals surface area contributed by atoms with Gasteiger partial charge < -0.3 is 4.79 Å². The van der Waals surface area contributed by atoms with E-state index >= 15 is 0 Å². The van der Waals surface area contributed by atoms with Gasteiger partial charge in [0.2, 0.25) is 0 Å². The largest absolute Gasteiger partial charge is 0.303 e. The summed E-state index contributed by atoms with van der Waals surface area (Å²) in [5.74, 6) is 0.701. The molecule has 1 unspecified atom stereocenters. The molecule has 0 aromatic carbocycles. The van der Waals surface area contributed by atoms with Gasteiger partial charge in [0.1, 0.15) is 6.29 Å². The van der Waals surface area contributed by atoms with Gasteiger partial charge in [-0.1, -0.05) is 19.9 Å². The van der Waals surface area contributed by atoms with Crippen LogP contribution in [0.25, 0.3) is 0 Å². The molecule has 0 radical (unpaired) electrons. The Morgan fingerprint density at radius 2 is 2.33 bits per heavy atom. The number of carbonyl (C=O) groups is 1. The summed E-state index contributed by atoms with van der Waals surface area (Å²) in [6.07, 6.45) is 2.02. The molecule has 1 nitrogen and oxygen atoms in total. The summed E-state index contributed by atoms with van der Waals surface area (Å²) in [5, 5.41) is 2.02. The highest BCUT2D eigenvalue weighted by Crippen LogP contribution is 2.25. The molecule has 1 aromatic heterocycles. The third-order valence-electron chi connectivity index (χ3n) is 1.80. The second kappa shape index (κ2) is 4.41. The van der Waals surface area contributed by atoms with E-state index in [1.54, 1.807) is 11.3 Å². The summed E-state index contributed by atoms with van der Waals surface area (Å²) < 4.78 is 0. The van der Waals surface area contributed by atoms with Gasteiger partial charge in [0.15, 0.2) is 0 Å². The molecule has 0 N–H and O–H groups in total. The maximum absolute atomic E-state index is 10.7. The van der Waals surface area contributed by atoms with E-state index < -0.39 is 0 Å². The van der Waals surface area contributed by atoms with Crippen LogP contribution in [0.15, 0.2) is 17.5 Å². The van der Waals surface area contributed by atoms with Crippen molar-refractivity contribution in [1.29, 1.82) is 0 Å². The first-order valence-corrected chi connectivity index (χ1v) is 5.10. The molecule has 0 saturated carbocycles. The lowest BCUT2D eigenvalue weighted by molar-refractivity contribution is -0.109. The van der Waals surface area contributed by atoms with E-state index in [0.717, 1.165) is 12.7 Å². The first-order chi connectivity index (χ1) is 5.74. The van der Waals surface area contributed by atoms with Gasteiger partial charge in [-0.05, 0) is 23.8 Å². The Bertz CT molecular complexity index is 226. The van der Waals surface area contributed by atoms with E-state index in [1.165, 1.54) is 4.88 Å². The highest BCUT2D eigenvalue weighted by atomic mass is 32.1. The molecule has 0 amide bonds. The van der Waals surface area contributed by atoms with Gasteiger partial charge in [-0.2, -0.15) is 0 Å². The van der Waals surface area contributed by atoms with E-state index in [0.29, 0.717) is 5.92 Å². The van der Waals surface area contributed by atoms with Crippen LogP contribution in [0.2, 0.25) is 0 Å². The summed E-state index contributed by atoms with van der Waals surface area (Å²) in [4.78, 5) is 11.9. The summed E-state index contributed by atoms with van der Waals surface area (Å²) in [6.45, 7) is 4.29. The van der Waals surface area contributed by atoms with Crippen LogP contribution in [-0.4, -0.2) is 6.29 Å². The zero-order valence-corrected chi connectivity index (χ0v) is 8.30. The number of hydrogen-bond donors (Lipinski definition) is 0. The normalized spacial score (nSPS) is 13.2. The molecule has 0 saturated heterocycles. The Morgan fingerprint density at radius 1 is 1.58 bits per heavy atom. The maximum Gasteiger partial charge on any atom is 0.128 e. The molecule has 66 valence electrons. The highest BCUT2D eigenvalue weighted by molar-refractivity contribution is 7.10. The summed E-state index contributed by atoms with van der Waals surface area (Å²) >= 11 is 1.67. The molecule has 1 heterocycles. The number of thiophene rings is 1. The fraction of sp³-hybridized carbons (Fsp3) is 0.500. The predicted octanol–water partition coefficient (Wildman–Crippen LogP) is 3.08. The predicted molar refractivity (Wildman–Crippen MR) is 52.6 cm³/mol. The van der Waals surface area contributed by atoms with Crippen LogP contribution in [0.5, 0.6) is 0 Å². The second-order valence-corrected chi connectivity index (χ2v) is 4.37. The van der Waals surface area contributed by atoms with Gasteiger partial charge in [-0.15, -0.1) is 11.3 Å². The summed E-state index contributed by atoms with van der Waals surface area (Å²) in [5.41, 5.74) is 0. The van der Waals surface area contributed by atoms with Crippen molar-refractivity contribution < 1.29 is 4.79 Å². The van der Waals surface area contributed by atoms with Crippen LogP contribution >= 0.6 is 11.3 Å². The molecule has 1 aromatic rings. The third-order valence-corrected chi connectivity index (χ3v) is 2.80. The zero-order valence-electron chi connectivity index (χ0n) is 7.49. The molecular weight excluding hydrogens is 168 g/mol. The molecule has 1 rings (SSSR count). The van der Waals surface area contributed by atoms with E-state index in [9.17, 15) is 4.79 Å². The van der Waals surface area contributed by atoms with E-state index in [2.05, 4.69) is 13.8 Å². The van der Waals surface area contributed by atoms with Gasteiger partial charge in [-0.25, -0.2) is 0 Å². The van der Waals surface area contributed by atoms with Gasteiger partial charge >= 0.3 is 0 Å². The maximum atomic E-state index is 10.7. The average Bonchev–Trinajstić information content (AvgIpc) is 2.51. The molecule has 12 heavy (non-hydrogen) atoms. The first-order valence-electron chi connectivity index (χ1n) is 4.22. The Labute approximate surface area is 77.4 Å². The number of rotatable bonds is 4. The SMILES string of the molecule is CC(C)CC(C=O)c1cccs1. The Kier molecular flexibility index (Phi) is 3.48. The minimum atomic E-state index is 0.116. The minimum Gasteiger partial charge on any atom is -0.303 e. The Balaban J connectivity index is 2.63. The first kappa shape index (κ1) is 9.46. The van der Waals surface area contributed by atoms with Crippen LogP contribution < -0.4 is 0 Å². The highest BCUT2D eigenvalue weighted by Gasteiger charge is 2.12. The fourth-order valence-electron chi connectivity index (χ4n) is 1.25. The lowest BCUT2D eigenvalue weighted by Crippen LogP contribution is -2.02. The van der Waals surface area contributed by atoms with E-state index in [4.69, 9.17) is 0 Å². The molecule has 0 aliphatic heterocycles. The zero-order chi connectivity index (χ0) is 8.97. The monoisotopic (exact) mass is 182 g/mol. The van der Waals surface area contributed by atoms with E-state index in [1.807, 2.05) is 17.5 Å². The number of hydrogen-bond acceptors (Lipinski definition) is 2. The molecule has 0 aliphatic rings. The van der Waals surface area contributed by atoms with Crippen LogP contribution in [0, 0.1) is 5.92 Å². The van der Waals surface area contributed by atoms with Crippen molar-refractivity contribution in [2.24, 2.45) is 5.92 Å². The number of carbonyl (C=O) groups excluding carboxylic acids is 1. The smallest absolute Gasteiger partial charge is 0.128 e. The molecule has 0 fully saturated rings. The summed E-state index contributed by atoms with van der Waals surface area (Å²) in [6, 6.07) is 4.03. The number of aldehydes is 1. The third kappa shape index (κ3) is 2.45. The van der Waals surface area contributed by atoms with Gasteiger partial charge in [0.05, 0.1) is 0 Å². The van der Waals surface area contributed by atoms with Gasteiger partial charge in [0, 0.05) is 10.8 Å². The lowest BCUT2D eigenvalue weighted by Gasteiger charge is -2.09. The van der Waals surface area contributed by atoms with Crippen molar-refractivity contribution in [3.63, 3.8) is 0 Å². The second-order valence-electron chi connectivity index (χ2n) is 3.39.